The van der Waals surface area contributed by atoms with Gasteiger partial charge in [-0.1, -0.05) is 6.92 Å². The second-order valence-electron chi connectivity index (χ2n) is 2.24. The van der Waals surface area contributed by atoms with Crippen molar-refractivity contribution in [1.82, 2.24) is 14.8 Å². The van der Waals surface area contributed by atoms with Gasteiger partial charge in [-0.05, 0) is 12.2 Å². The molecule has 11 heavy (non-hydrogen) atoms. The summed E-state index contributed by atoms with van der Waals surface area (Å²) in [5, 5.41) is 6.78. The van der Waals surface area contributed by atoms with E-state index in [-0.39, 0.29) is 0 Å². The number of nitrogens with two attached hydrogens (primary N) is 1. The van der Waals surface area contributed by atoms with Gasteiger partial charge in [0.05, 0.1) is 0 Å². The molecule has 4 nitrogen and oxygen atoms in total. The molecule has 0 atom stereocenters. The zero-order valence-corrected chi connectivity index (χ0v) is 7.32. The molecule has 0 spiro atoms. The van der Waals surface area contributed by atoms with Gasteiger partial charge >= 0.3 is 0 Å². The first kappa shape index (κ1) is 8.42. The maximum absolute atomic E-state index is 5.40. The third-order valence-corrected chi connectivity index (χ3v) is 1.82. The Morgan fingerprint density at radius 3 is 3.00 bits per heavy atom. The molecule has 0 fully saturated rings. The fraction of sp³-hybridized carbons (Fsp3) is 0.667. The summed E-state index contributed by atoms with van der Waals surface area (Å²) in [6, 6.07) is 0. The number of hydrogen-bond donors (Lipinski definition) is 2. The minimum absolute atomic E-state index is 0.598. The molecule has 1 heterocycles. The van der Waals surface area contributed by atoms with Crippen LogP contribution in [0.4, 0.5) is 0 Å². The highest BCUT2D eigenvalue weighted by atomic mass is 32.1. The van der Waals surface area contributed by atoms with Crippen molar-refractivity contribution in [2.75, 3.05) is 6.54 Å². The van der Waals surface area contributed by atoms with Gasteiger partial charge in [-0.3, -0.25) is 5.10 Å². The summed E-state index contributed by atoms with van der Waals surface area (Å²) in [7, 11) is 0. The van der Waals surface area contributed by atoms with Crippen molar-refractivity contribution < 1.29 is 0 Å². The predicted octanol–water partition coefficient (Wildman–Crippen LogP) is 0.462. The van der Waals surface area contributed by atoms with Crippen LogP contribution >= 0.6 is 12.2 Å². The first-order valence-corrected chi connectivity index (χ1v) is 4.04. The van der Waals surface area contributed by atoms with Crippen LogP contribution in [-0.4, -0.2) is 21.3 Å². The number of hydrogen-bond acceptors (Lipinski definition) is 3. The van der Waals surface area contributed by atoms with E-state index in [1.54, 1.807) is 0 Å². The Morgan fingerprint density at radius 1 is 1.73 bits per heavy atom. The molecule has 62 valence electrons. The van der Waals surface area contributed by atoms with Gasteiger partial charge in [0.25, 0.3) is 0 Å². The van der Waals surface area contributed by atoms with E-state index in [0.717, 1.165) is 18.8 Å². The Labute approximate surface area is 70.4 Å². The largest absolute Gasteiger partial charge is 0.329 e. The van der Waals surface area contributed by atoms with Gasteiger partial charge in [0.2, 0.25) is 0 Å². The summed E-state index contributed by atoms with van der Waals surface area (Å²) in [5.74, 6) is 0.973. The quantitative estimate of drug-likeness (QED) is 0.651. The number of aromatic amines is 1. The van der Waals surface area contributed by atoms with E-state index in [1.807, 2.05) is 11.5 Å². The third-order valence-electron chi connectivity index (χ3n) is 1.51. The van der Waals surface area contributed by atoms with E-state index in [2.05, 4.69) is 10.2 Å². The molecule has 0 aliphatic carbocycles. The fourth-order valence-electron chi connectivity index (χ4n) is 0.980. The summed E-state index contributed by atoms with van der Waals surface area (Å²) >= 11 is 4.99. The van der Waals surface area contributed by atoms with Crippen LogP contribution < -0.4 is 5.73 Å². The van der Waals surface area contributed by atoms with E-state index in [4.69, 9.17) is 18.0 Å². The van der Waals surface area contributed by atoms with Crippen LogP contribution in [0.2, 0.25) is 0 Å². The van der Waals surface area contributed by atoms with Crippen LogP contribution in [0, 0.1) is 4.77 Å². The van der Waals surface area contributed by atoms with E-state index in [0.29, 0.717) is 11.3 Å². The molecule has 0 amide bonds. The second-order valence-corrected chi connectivity index (χ2v) is 2.63. The molecule has 0 aliphatic heterocycles. The third kappa shape index (κ3) is 1.66. The van der Waals surface area contributed by atoms with Crippen molar-refractivity contribution in [3.05, 3.63) is 10.6 Å². The molecule has 3 N–H and O–H groups in total. The van der Waals surface area contributed by atoms with Crippen molar-refractivity contribution in [2.45, 2.75) is 19.9 Å². The van der Waals surface area contributed by atoms with Gasteiger partial charge in [-0.25, -0.2) is 0 Å². The molecule has 1 aromatic rings. The molecule has 0 aromatic carbocycles. The van der Waals surface area contributed by atoms with Gasteiger partial charge in [-0.2, -0.15) is 5.10 Å². The molecule has 1 rings (SSSR count). The van der Waals surface area contributed by atoms with Crippen LogP contribution in [0.3, 0.4) is 0 Å². The highest BCUT2D eigenvalue weighted by Gasteiger charge is 2.00. The SMILES string of the molecule is CCc1n[nH]c(=S)n1CCN. The highest BCUT2D eigenvalue weighted by Crippen LogP contribution is 1.96. The fourth-order valence-corrected chi connectivity index (χ4v) is 1.22. The lowest BCUT2D eigenvalue weighted by molar-refractivity contribution is 0.659. The van der Waals surface area contributed by atoms with Gasteiger partial charge in [-0.15, -0.1) is 0 Å². The van der Waals surface area contributed by atoms with Crippen molar-refractivity contribution in [3.8, 4) is 0 Å². The summed E-state index contributed by atoms with van der Waals surface area (Å²) in [6.45, 7) is 3.39. The van der Waals surface area contributed by atoms with Crippen molar-refractivity contribution in [3.63, 3.8) is 0 Å². The number of aromatic nitrogens is 3. The summed E-state index contributed by atoms with van der Waals surface area (Å²) in [5.41, 5.74) is 5.40. The van der Waals surface area contributed by atoms with Crippen molar-refractivity contribution in [1.29, 1.82) is 0 Å². The lowest BCUT2D eigenvalue weighted by Gasteiger charge is -2.00. The number of aryl methyl sites for hydroxylation is 1. The lowest BCUT2D eigenvalue weighted by Crippen LogP contribution is -2.12. The Bertz CT molecular complexity index is 274. The first-order chi connectivity index (χ1) is 5.29. The van der Waals surface area contributed by atoms with E-state index >= 15 is 0 Å². The lowest BCUT2D eigenvalue weighted by atomic mass is 10.4. The standard InChI is InChI=1S/C6H12N4S/c1-2-5-8-9-6(11)10(5)4-3-7/h2-4,7H2,1H3,(H,9,11). The summed E-state index contributed by atoms with van der Waals surface area (Å²) < 4.78 is 2.59. The number of nitrogens with zero attached hydrogens (tertiary/aromatic N) is 2. The maximum Gasteiger partial charge on any atom is 0.195 e. The molecular weight excluding hydrogens is 160 g/mol. The monoisotopic (exact) mass is 172 g/mol. The molecular formula is C6H12N4S. The molecule has 5 heteroatoms. The first-order valence-electron chi connectivity index (χ1n) is 3.63. The molecule has 0 radical (unpaired) electrons. The summed E-state index contributed by atoms with van der Waals surface area (Å²) in [4.78, 5) is 0. The predicted molar refractivity (Wildman–Crippen MR) is 45.8 cm³/mol. The zero-order chi connectivity index (χ0) is 8.27. The average molecular weight is 172 g/mol. The van der Waals surface area contributed by atoms with Crippen LogP contribution in [0.5, 0.6) is 0 Å². The van der Waals surface area contributed by atoms with Crippen LogP contribution in [0.1, 0.15) is 12.7 Å². The minimum atomic E-state index is 0.598. The Morgan fingerprint density at radius 2 is 2.45 bits per heavy atom. The van der Waals surface area contributed by atoms with Gasteiger partial charge in [0.1, 0.15) is 5.82 Å². The molecule has 1 aromatic heterocycles. The highest BCUT2D eigenvalue weighted by molar-refractivity contribution is 7.71. The molecule has 0 aliphatic rings. The number of nitrogens with one attached hydrogen (secondary N) is 1. The van der Waals surface area contributed by atoms with Crippen molar-refractivity contribution in [2.24, 2.45) is 5.73 Å². The average Bonchev–Trinajstić information content (AvgIpc) is 2.34. The maximum atomic E-state index is 5.40. The topological polar surface area (TPSA) is 59.6 Å². The number of rotatable bonds is 3. The van der Waals surface area contributed by atoms with Crippen LogP contribution in [-0.2, 0) is 13.0 Å². The Hall–Kier alpha value is -0.680. The Kier molecular flexibility index (Phi) is 2.78. The molecule has 0 saturated carbocycles. The van der Waals surface area contributed by atoms with Gasteiger partial charge in [0, 0.05) is 19.5 Å². The molecule has 0 saturated heterocycles. The van der Waals surface area contributed by atoms with Crippen LogP contribution in [0.15, 0.2) is 0 Å². The smallest absolute Gasteiger partial charge is 0.195 e. The van der Waals surface area contributed by atoms with E-state index in [1.165, 1.54) is 0 Å². The van der Waals surface area contributed by atoms with E-state index in [9.17, 15) is 0 Å². The van der Waals surface area contributed by atoms with Gasteiger partial charge in [0.15, 0.2) is 4.77 Å². The minimum Gasteiger partial charge on any atom is -0.329 e. The van der Waals surface area contributed by atoms with Crippen molar-refractivity contribution >= 4 is 12.2 Å². The van der Waals surface area contributed by atoms with E-state index < -0.39 is 0 Å². The normalized spacial score (nSPS) is 10.4. The summed E-state index contributed by atoms with van der Waals surface area (Å²) in [6.07, 6.45) is 0.882. The second kappa shape index (κ2) is 3.64. The molecule has 0 bridgehead atoms. The number of H-pyrrole nitrogens is 1. The molecule has 0 unspecified atom stereocenters. The zero-order valence-electron chi connectivity index (χ0n) is 6.50. The van der Waals surface area contributed by atoms with Gasteiger partial charge < -0.3 is 10.3 Å². The Balaban J connectivity index is 2.97. The van der Waals surface area contributed by atoms with Crippen LogP contribution in [0.25, 0.3) is 0 Å².